The molecule has 4 heteroatoms. The summed E-state index contributed by atoms with van der Waals surface area (Å²) in [4.78, 5) is 13.4. The van der Waals surface area contributed by atoms with Gasteiger partial charge in [0.25, 0.3) is 5.91 Å². The molecule has 0 saturated heterocycles. The number of thiophene rings is 1. The Balaban J connectivity index is 1.93. The van der Waals surface area contributed by atoms with Crippen LogP contribution in [0.25, 0.3) is 0 Å². The molecule has 122 valence electrons. The van der Waals surface area contributed by atoms with Gasteiger partial charge in [0.05, 0.1) is 18.0 Å². The summed E-state index contributed by atoms with van der Waals surface area (Å²) in [5.74, 6) is 0.748. The number of methoxy groups -OCH3 is 1. The van der Waals surface area contributed by atoms with Gasteiger partial charge in [0.15, 0.2) is 0 Å². The molecule has 1 unspecified atom stereocenters. The fourth-order valence-corrected chi connectivity index (χ4v) is 3.43. The standard InChI is InChI=1S/C20H19NO2S/c1-14-12-13-24-19(14)20(22)21-18(15-6-4-3-5-7-15)16-8-10-17(23-2)11-9-16/h3-13,18H,1-2H3,(H,21,22). The fraction of sp³-hybridized carbons (Fsp3) is 0.150. The zero-order valence-electron chi connectivity index (χ0n) is 13.7. The molecule has 3 rings (SSSR count). The van der Waals surface area contributed by atoms with Crippen LogP contribution in [0.15, 0.2) is 66.0 Å². The highest BCUT2D eigenvalue weighted by Crippen LogP contribution is 2.25. The molecule has 3 aromatic rings. The van der Waals surface area contributed by atoms with Gasteiger partial charge >= 0.3 is 0 Å². The largest absolute Gasteiger partial charge is 0.497 e. The van der Waals surface area contributed by atoms with Gasteiger partial charge in [-0.05, 0) is 47.2 Å². The summed E-state index contributed by atoms with van der Waals surface area (Å²) in [5, 5.41) is 5.10. The zero-order valence-corrected chi connectivity index (χ0v) is 14.5. The molecule has 2 aromatic carbocycles. The quantitative estimate of drug-likeness (QED) is 0.740. The molecule has 1 heterocycles. The molecular formula is C20H19NO2S. The lowest BCUT2D eigenvalue weighted by atomic mass is 9.98. The Bertz CT molecular complexity index is 809. The van der Waals surface area contributed by atoms with E-state index in [1.165, 1.54) is 11.3 Å². The van der Waals surface area contributed by atoms with Crippen LogP contribution in [0.3, 0.4) is 0 Å². The highest BCUT2D eigenvalue weighted by atomic mass is 32.1. The molecule has 0 saturated carbocycles. The van der Waals surface area contributed by atoms with Crippen molar-refractivity contribution in [1.82, 2.24) is 5.32 Å². The Labute approximate surface area is 145 Å². The van der Waals surface area contributed by atoms with Gasteiger partial charge in [0, 0.05) is 0 Å². The van der Waals surface area contributed by atoms with Crippen LogP contribution in [0.1, 0.15) is 32.4 Å². The van der Waals surface area contributed by atoms with Crippen molar-refractivity contribution in [2.75, 3.05) is 7.11 Å². The Morgan fingerprint density at radius 1 is 1.00 bits per heavy atom. The third kappa shape index (κ3) is 3.49. The van der Waals surface area contributed by atoms with Gasteiger partial charge in [0.1, 0.15) is 5.75 Å². The first-order valence-electron chi connectivity index (χ1n) is 7.73. The predicted molar refractivity (Wildman–Crippen MR) is 97.8 cm³/mol. The van der Waals surface area contributed by atoms with Crippen molar-refractivity contribution in [2.24, 2.45) is 0 Å². The molecule has 0 aliphatic heterocycles. The normalized spacial score (nSPS) is 11.8. The van der Waals surface area contributed by atoms with Crippen molar-refractivity contribution < 1.29 is 9.53 Å². The first-order chi connectivity index (χ1) is 11.7. The number of hydrogen-bond donors (Lipinski definition) is 1. The molecule has 1 N–H and O–H groups in total. The molecule has 0 radical (unpaired) electrons. The van der Waals surface area contributed by atoms with Gasteiger partial charge in [-0.25, -0.2) is 0 Å². The van der Waals surface area contributed by atoms with Crippen LogP contribution in [0, 0.1) is 6.92 Å². The molecule has 0 fully saturated rings. The van der Waals surface area contributed by atoms with Gasteiger partial charge < -0.3 is 10.1 Å². The van der Waals surface area contributed by atoms with Crippen molar-refractivity contribution in [2.45, 2.75) is 13.0 Å². The van der Waals surface area contributed by atoms with E-state index in [-0.39, 0.29) is 11.9 Å². The molecule has 0 bridgehead atoms. The number of rotatable bonds is 5. The first-order valence-corrected chi connectivity index (χ1v) is 8.61. The maximum atomic E-state index is 12.7. The monoisotopic (exact) mass is 337 g/mol. The SMILES string of the molecule is COc1ccc(C(NC(=O)c2sccc2C)c2ccccc2)cc1. The number of nitrogens with one attached hydrogen (secondary N) is 1. The minimum Gasteiger partial charge on any atom is -0.497 e. The zero-order chi connectivity index (χ0) is 16.9. The molecule has 3 nitrogen and oxygen atoms in total. The van der Waals surface area contributed by atoms with E-state index in [0.29, 0.717) is 0 Å². The van der Waals surface area contributed by atoms with E-state index < -0.39 is 0 Å². The Morgan fingerprint density at radius 3 is 2.25 bits per heavy atom. The lowest BCUT2D eigenvalue weighted by molar-refractivity contribution is 0.0946. The summed E-state index contributed by atoms with van der Waals surface area (Å²) < 4.78 is 5.22. The van der Waals surface area contributed by atoms with Gasteiger partial charge in [-0.2, -0.15) is 0 Å². The van der Waals surface area contributed by atoms with Crippen molar-refractivity contribution >= 4 is 17.2 Å². The Kier molecular flexibility index (Phi) is 4.96. The van der Waals surface area contributed by atoms with Crippen molar-refractivity contribution in [1.29, 1.82) is 0 Å². The Hall–Kier alpha value is -2.59. The van der Waals surface area contributed by atoms with Crippen LogP contribution < -0.4 is 10.1 Å². The third-order valence-electron chi connectivity index (χ3n) is 3.93. The maximum absolute atomic E-state index is 12.7. The number of carbonyl (C=O) groups excluding carboxylic acids is 1. The summed E-state index contributed by atoms with van der Waals surface area (Å²) >= 11 is 1.46. The summed E-state index contributed by atoms with van der Waals surface area (Å²) in [6.07, 6.45) is 0. The predicted octanol–water partition coefficient (Wildman–Crippen LogP) is 4.58. The smallest absolute Gasteiger partial charge is 0.262 e. The molecule has 24 heavy (non-hydrogen) atoms. The topological polar surface area (TPSA) is 38.3 Å². The number of benzene rings is 2. The van der Waals surface area contributed by atoms with Crippen LogP contribution >= 0.6 is 11.3 Å². The second kappa shape index (κ2) is 7.32. The summed E-state index contributed by atoms with van der Waals surface area (Å²) in [6, 6.07) is 19.5. The minimum atomic E-state index is -0.203. The average molecular weight is 337 g/mol. The van der Waals surface area contributed by atoms with E-state index >= 15 is 0 Å². The van der Waals surface area contributed by atoms with Crippen LogP contribution in [0.2, 0.25) is 0 Å². The minimum absolute atomic E-state index is 0.0489. The summed E-state index contributed by atoms with van der Waals surface area (Å²) in [6.45, 7) is 1.95. The highest BCUT2D eigenvalue weighted by Gasteiger charge is 2.19. The van der Waals surface area contributed by atoms with Gasteiger partial charge in [-0.1, -0.05) is 42.5 Å². The number of ether oxygens (including phenoxy) is 1. The maximum Gasteiger partial charge on any atom is 0.262 e. The van der Waals surface area contributed by atoms with Gasteiger partial charge in [-0.15, -0.1) is 11.3 Å². The molecule has 1 atom stereocenters. The van der Waals surface area contributed by atoms with Crippen molar-refractivity contribution in [3.05, 3.63) is 87.6 Å². The van der Waals surface area contributed by atoms with E-state index in [1.807, 2.05) is 73.0 Å². The van der Waals surface area contributed by atoms with Crippen LogP contribution in [0.4, 0.5) is 0 Å². The van der Waals surface area contributed by atoms with Gasteiger partial charge in [0.2, 0.25) is 0 Å². The Morgan fingerprint density at radius 2 is 1.67 bits per heavy atom. The average Bonchev–Trinajstić information content (AvgIpc) is 3.06. The number of carbonyl (C=O) groups is 1. The third-order valence-corrected chi connectivity index (χ3v) is 4.94. The van der Waals surface area contributed by atoms with Crippen LogP contribution in [-0.4, -0.2) is 13.0 Å². The molecular weight excluding hydrogens is 318 g/mol. The number of amides is 1. The second-order valence-corrected chi connectivity index (χ2v) is 6.44. The van der Waals surface area contributed by atoms with E-state index in [1.54, 1.807) is 7.11 Å². The second-order valence-electron chi connectivity index (χ2n) is 5.52. The van der Waals surface area contributed by atoms with Crippen LogP contribution in [-0.2, 0) is 0 Å². The summed E-state index contributed by atoms with van der Waals surface area (Å²) in [7, 11) is 1.64. The van der Waals surface area contributed by atoms with E-state index in [2.05, 4.69) is 5.32 Å². The van der Waals surface area contributed by atoms with E-state index in [9.17, 15) is 4.79 Å². The number of aryl methyl sites for hydroxylation is 1. The van der Waals surface area contributed by atoms with Crippen molar-refractivity contribution in [3.63, 3.8) is 0 Å². The highest BCUT2D eigenvalue weighted by molar-refractivity contribution is 7.12. The van der Waals surface area contributed by atoms with Gasteiger partial charge in [-0.3, -0.25) is 4.79 Å². The number of hydrogen-bond acceptors (Lipinski definition) is 3. The van der Waals surface area contributed by atoms with E-state index in [4.69, 9.17) is 4.74 Å². The molecule has 1 amide bonds. The van der Waals surface area contributed by atoms with Crippen molar-refractivity contribution in [3.8, 4) is 5.75 Å². The molecule has 1 aromatic heterocycles. The molecule has 0 spiro atoms. The van der Waals surface area contributed by atoms with E-state index in [0.717, 1.165) is 27.3 Å². The molecule has 0 aliphatic rings. The fourth-order valence-electron chi connectivity index (χ4n) is 2.60. The lowest BCUT2D eigenvalue weighted by Crippen LogP contribution is -2.29. The molecule has 0 aliphatic carbocycles. The summed E-state index contributed by atoms with van der Waals surface area (Å²) in [5.41, 5.74) is 3.06. The van der Waals surface area contributed by atoms with Crippen LogP contribution in [0.5, 0.6) is 5.75 Å². The lowest BCUT2D eigenvalue weighted by Gasteiger charge is -2.20. The first kappa shape index (κ1) is 16.3.